The van der Waals surface area contributed by atoms with Crippen LogP contribution in [0.3, 0.4) is 0 Å². The molecule has 0 spiro atoms. The number of anilines is 1. The molecule has 0 aliphatic rings. The Kier molecular flexibility index (Phi) is 6.58. The first-order chi connectivity index (χ1) is 11.5. The Hall–Kier alpha value is -2.11. The van der Waals surface area contributed by atoms with E-state index in [9.17, 15) is 14.0 Å². The summed E-state index contributed by atoms with van der Waals surface area (Å²) in [5, 5.41) is 5.62. The van der Waals surface area contributed by atoms with Gasteiger partial charge < -0.3 is 10.6 Å². The molecule has 24 heavy (non-hydrogen) atoms. The Labute approximate surface area is 149 Å². The van der Waals surface area contributed by atoms with Gasteiger partial charge in [0.25, 0.3) is 0 Å². The van der Waals surface area contributed by atoms with Crippen LogP contribution in [-0.4, -0.2) is 18.4 Å². The minimum Gasteiger partial charge on any atom is -0.355 e. The highest BCUT2D eigenvalue weighted by atomic mass is 35.5. The summed E-state index contributed by atoms with van der Waals surface area (Å²) in [7, 11) is 0. The molecule has 0 saturated heterocycles. The molecule has 0 fully saturated rings. The number of carbonyl (C=O) groups excluding carboxylic acids is 2. The summed E-state index contributed by atoms with van der Waals surface area (Å²) in [5.41, 5.74) is 0.848. The summed E-state index contributed by atoms with van der Waals surface area (Å²) in [6, 6.07) is 11.1. The van der Waals surface area contributed by atoms with Gasteiger partial charge in [0.05, 0.1) is 15.7 Å². The highest BCUT2D eigenvalue weighted by molar-refractivity contribution is 6.44. The summed E-state index contributed by atoms with van der Waals surface area (Å²) in [5.74, 6) is -1.29. The molecular formula is C17H15Cl2FN2O2. The lowest BCUT2D eigenvalue weighted by Crippen LogP contribution is -2.29. The molecule has 2 amide bonds. The Balaban J connectivity index is 1.79. The molecule has 0 heterocycles. The third kappa shape index (κ3) is 5.22. The predicted octanol–water partition coefficient (Wildman–Crippen LogP) is 3.82. The first-order valence-corrected chi connectivity index (χ1v) is 7.97. The molecule has 0 aliphatic heterocycles. The number of nitrogens with one attached hydrogen (secondary N) is 2. The number of hydrogen-bond acceptors (Lipinski definition) is 2. The maximum absolute atomic E-state index is 13.4. The second kappa shape index (κ2) is 8.66. The predicted molar refractivity (Wildman–Crippen MR) is 92.8 cm³/mol. The lowest BCUT2D eigenvalue weighted by Gasteiger charge is -2.09. The van der Waals surface area contributed by atoms with E-state index in [4.69, 9.17) is 23.2 Å². The minimum absolute atomic E-state index is 0.215. The number of rotatable bonds is 6. The molecule has 7 heteroatoms. The summed E-state index contributed by atoms with van der Waals surface area (Å²) >= 11 is 11.8. The zero-order valence-corrected chi connectivity index (χ0v) is 14.1. The molecule has 2 aromatic carbocycles. The molecule has 0 radical (unpaired) electrons. The molecule has 4 nitrogen and oxygen atoms in total. The van der Waals surface area contributed by atoms with Gasteiger partial charge in [0, 0.05) is 6.54 Å². The smallest absolute Gasteiger partial charge is 0.233 e. The summed E-state index contributed by atoms with van der Waals surface area (Å²) in [4.78, 5) is 23.6. The standard InChI is InChI=1S/C17H15Cl2FN2O2/c18-12-5-3-7-14(17(12)19)22-16(24)10-15(23)21-9-8-11-4-1-2-6-13(11)20/h1-7H,8-10H2,(H,21,23)(H,22,24). The van der Waals surface area contributed by atoms with Crippen molar-refractivity contribution in [3.05, 3.63) is 63.9 Å². The van der Waals surface area contributed by atoms with Gasteiger partial charge in [0.1, 0.15) is 12.2 Å². The lowest BCUT2D eigenvalue weighted by atomic mass is 10.1. The van der Waals surface area contributed by atoms with E-state index < -0.39 is 11.8 Å². The minimum atomic E-state index is -0.512. The normalized spacial score (nSPS) is 10.3. The van der Waals surface area contributed by atoms with Crippen molar-refractivity contribution in [3.63, 3.8) is 0 Å². The van der Waals surface area contributed by atoms with Crippen molar-refractivity contribution in [2.45, 2.75) is 12.8 Å². The number of hydrogen-bond donors (Lipinski definition) is 2. The van der Waals surface area contributed by atoms with Crippen molar-refractivity contribution >= 4 is 40.7 Å². The summed E-state index contributed by atoms with van der Waals surface area (Å²) < 4.78 is 13.4. The van der Waals surface area contributed by atoms with Crippen LogP contribution < -0.4 is 10.6 Å². The van der Waals surface area contributed by atoms with Gasteiger partial charge in [-0.3, -0.25) is 9.59 Å². The molecule has 2 aromatic rings. The van der Waals surface area contributed by atoms with Crippen LogP contribution in [0.1, 0.15) is 12.0 Å². The zero-order valence-electron chi connectivity index (χ0n) is 12.6. The van der Waals surface area contributed by atoms with Gasteiger partial charge >= 0.3 is 0 Å². The van der Waals surface area contributed by atoms with Gasteiger partial charge in [-0.05, 0) is 30.2 Å². The van der Waals surface area contributed by atoms with Gasteiger partial charge in [-0.2, -0.15) is 0 Å². The molecule has 2 N–H and O–H groups in total. The molecule has 126 valence electrons. The number of carbonyl (C=O) groups is 2. The Morgan fingerprint density at radius 3 is 2.50 bits per heavy atom. The fourth-order valence-corrected chi connectivity index (χ4v) is 2.39. The maximum atomic E-state index is 13.4. The van der Waals surface area contributed by atoms with Crippen molar-refractivity contribution in [1.82, 2.24) is 5.32 Å². The molecule has 2 rings (SSSR count). The van der Waals surface area contributed by atoms with E-state index in [1.807, 2.05) is 0 Å². The molecular weight excluding hydrogens is 354 g/mol. The van der Waals surface area contributed by atoms with E-state index in [2.05, 4.69) is 10.6 Å². The SMILES string of the molecule is O=C(CC(=O)Nc1cccc(Cl)c1Cl)NCCc1ccccc1F. The van der Waals surface area contributed by atoms with Crippen LogP contribution in [0.15, 0.2) is 42.5 Å². The molecule has 0 unspecified atom stereocenters. The van der Waals surface area contributed by atoms with Gasteiger partial charge in [0.15, 0.2) is 0 Å². The van der Waals surface area contributed by atoms with Gasteiger partial charge in [-0.1, -0.05) is 47.5 Å². The van der Waals surface area contributed by atoms with Crippen LogP contribution >= 0.6 is 23.2 Å². The highest BCUT2D eigenvalue weighted by Crippen LogP contribution is 2.29. The average Bonchev–Trinajstić information content (AvgIpc) is 2.53. The van der Waals surface area contributed by atoms with Crippen molar-refractivity contribution < 1.29 is 14.0 Å². The average molecular weight is 369 g/mol. The van der Waals surface area contributed by atoms with Gasteiger partial charge in [-0.15, -0.1) is 0 Å². The van der Waals surface area contributed by atoms with Crippen LogP contribution in [0.4, 0.5) is 10.1 Å². The second-order valence-electron chi connectivity index (χ2n) is 5.02. The van der Waals surface area contributed by atoms with Crippen molar-refractivity contribution in [1.29, 1.82) is 0 Å². The topological polar surface area (TPSA) is 58.2 Å². The number of amides is 2. The van der Waals surface area contributed by atoms with Crippen LogP contribution in [-0.2, 0) is 16.0 Å². The van der Waals surface area contributed by atoms with E-state index in [0.717, 1.165) is 0 Å². The van der Waals surface area contributed by atoms with E-state index in [1.165, 1.54) is 6.07 Å². The third-order valence-electron chi connectivity index (χ3n) is 3.22. The Morgan fingerprint density at radius 1 is 1.00 bits per heavy atom. The van der Waals surface area contributed by atoms with Crippen LogP contribution in [0.25, 0.3) is 0 Å². The maximum Gasteiger partial charge on any atom is 0.233 e. The fraction of sp³-hybridized carbons (Fsp3) is 0.176. The van der Waals surface area contributed by atoms with E-state index in [0.29, 0.717) is 22.7 Å². The second-order valence-corrected chi connectivity index (χ2v) is 5.80. The third-order valence-corrected chi connectivity index (χ3v) is 4.04. The van der Waals surface area contributed by atoms with Crippen molar-refractivity contribution in [3.8, 4) is 0 Å². The molecule has 0 saturated carbocycles. The van der Waals surface area contributed by atoms with E-state index in [-0.39, 0.29) is 23.8 Å². The van der Waals surface area contributed by atoms with E-state index in [1.54, 1.807) is 36.4 Å². The first-order valence-electron chi connectivity index (χ1n) is 7.21. The highest BCUT2D eigenvalue weighted by Gasteiger charge is 2.12. The fourth-order valence-electron chi connectivity index (χ4n) is 2.04. The van der Waals surface area contributed by atoms with Crippen LogP contribution in [0.2, 0.25) is 10.0 Å². The summed E-state index contributed by atoms with van der Waals surface area (Å²) in [6.07, 6.45) is -0.0136. The Morgan fingerprint density at radius 2 is 1.75 bits per heavy atom. The quantitative estimate of drug-likeness (QED) is 0.761. The van der Waals surface area contributed by atoms with Crippen LogP contribution in [0.5, 0.6) is 0 Å². The monoisotopic (exact) mass is 368 g/mol. The van der Waals surface area contributed by atoms with Crippen molar-refractivity contribution in [2.75, 3.05) is 11.9 Å². The van der Waals surface area contributed by atoms with Gasteiger partial charge in [-0.25, -0.2) is 4.39 Å². The largest absolute Gasteiger partial charge is 0.355 e. The Bertz CT molecular complexity index is 753. The van der Waals surface area contributed by atoms with E-state index >= 15 is 0 Å². The molecule has 0 atom stereocenters. The summed E-state index contributed by atoms with van der Waals surface area (Å²) in [6.45, 7) is 0.241. The van der Waals surface area contributed by atoms with Crippen LogP contribution in [0, 0.1) is 5.82 Å². The molecule has 0 aliphatic carbocycles. The lowest BCUT2D eigenvalue weighted by molar-refractivity contribution is -0.126. The first kappa shape index (κ1) is 18.2. The molecule has 0 aromatic heterocycles. The zero-order chi connectivity index (χ0) is 17.5. The van der Waals surface area contributed by atoms with Crippen molar-refractivity contribution in [2.24, 2.45) is 0 Å². The molecule has 0 bridgehead atoms. The number of halogens is 3. The van der Waals surface area contributed by atoms with Gasteiger partial charge in [0.2, 0.25) is 11.8 Å². The number of benzene rings is 2.